The van der Waals surface area contributed by atoms with Gasteiger partial charge >= 0.3 is 0 Å². The Balaban J connectivity index is 1.34. The maximum atomic E-state index is 13.1. The first-order chi connectivity index (χ1) is 15.1. The largest absolute Gasteiger partial charge is 0.423 e. The van der Waals surface area contributed by atoms with E-state index in [1.54, 1.807) is 13.0 Å². The number of oxazole rings is 1. The summed E-state index contributed by atoms with van der Waals surface area (Å²) in [5.74, 6) is 0.215. The molecule has 1 fully saturated rings. The van der Waals surface area contributed by atoms with Crippen LogP contribution in [0.1, 0.15) is 29.0 Å². The first kappa shape index (κ1) is 19.6. The molecule has 1 N–H and O–H groups in total. The van der Waals surface area contributed by atoms with Gasteiger partial charge in [0.2, 0.25) is 0 Å². The van der Waals surface area contributed by atoms with Gasteiger partial charge in [-0.15, -0.1) is 0 Å². The minimum absolute atomic E-state index is 0.0981. The van der Waals surface area contributed by atoms with E-state index in [1.165, 1.54) is 0 Å². The number of rotatable bonds is 5. The summed E-state index contributed by atoms with van der Waals surface area (Å²) >= 11 is 6.31. The van der Waals surface area contributed by atoms with Gasteiger partial charge in [0.05, 0.1) is 11.1 Å². The topological polar surface area (TPSA) is 84.4 Å². The molecule has 2 aromatic carbocycles. The van der Waals surface area contributed by atoms with Gasteiger partial charge in [0, 0.05) is 18.7 Å². The first-order valence-electron chi connectivity index (χ1n) is 10.2. The van der Waals surface area contributed by atoms with Crippen LogP contribution in [0, 0.1) is 6.92 Å². The number of aromatic nitrogens is 2. The number of halogens is 1. The molecule has 2 aromatic heterocycles. The molecule has 0 bridgehead atoms. The maximum absolute atomic E-state index is 13.1. The number of aryl methyl sites for hydroxylation is 1. The molecule has 1 aliphatic rings. The molecule has 1 amide bonds. The van der Waals surface area contributed by atoms with Gasteiger partial charge in [-0.25, -0.2) is 0 Å². The van der Waals surface area contributed by atoms with Crippen molar-refractivity contribution in [1.29, 1.82) is 0 Å². The van der Waals surface area contributed by atoms with Crippen LogP contribution < -0.4 is 10.2 Å². The summed E-state index contributed by atoms with van der Waals surface area (Å²) in [5.41, 5.74) is 3.11. The molecule has 31 heavy (non-hydrogen) atoms. The van der Waals surface area contributed by atoms with Gasteiger partial charge in [0.25, 0.3) is 11.9 Å². The van der Waals surface area contributed by atoms with Gasteiger partial charge in [-0.1, -0.05) is 47.1 Å². The quantitative estimate of drug-likeness (QED) is 0.481. The molecule has 8 heteroatoms. The van der Waals surface area contributed by atoms with E-state index < -0.39 is 0 Å². The van der Waals surface area contributed by atoms with Crippen LogP contribution in [0.5, 0.6) is 0 Å². The van der Waals surface area contributed by atoms with E-state index in [-0.39, 0.29) is 11.9 Å². The summed E-state index contributed by atoms with van der Waals surface area (Å²) in [5, 5.41) is 7.63. The van der Waals surface area contributed by atoms with Gasteiger partial charge in [-0.3, -0.25) is 4.79 Å². The van der Waals surface area contributed by atoms with E-state index in [4.69, 9.17) is 20.5 Å². The highest BCUT2D eigenvalue weighted by molar-refractivity contribution is 6.33. The van der Waals surface area contributed by atoms with Gasteiger partial charge in [-0.2, -0.15) is 4.98 Å². The second-order valence-electron chi connectivity index (χ2n) is 7.61. The van der Waals surface area contributed by atoms with E-state index in [2.05, 4.69) is 20.4 Å². The van der Waals surface area contributed by atoms with Crippen LogP contribution in [0.15, 0.2) is 57.5 Å². The van der Waals surface area contributed by atoms with Gasteiger partial charge in [0.1, 0.15) is 22.5 Å². The SMILES string of the molecule is Cc1onc(-c2ccccc2Cl)c1C(=O)NCC1CCCN1c1nc2ccccc2o1. The van der Waals surface area contributed by atoms with E-state index in [1.807, 2.05) is 42.5 Å². The Morgan fingerprint density at radius 3 is 2.87 bits per heavy atom. The average Bonchev–Trinajstić information content (AvgIpc) is 3.50. The minimum Gasteiger partial charge on any atom is -0.423 e. The van der Waals surface area contributed by atoms with Crippen LogP contribution in [0.3, 0.4) is 0 Å². The van der Waals surface area contributed by atoms with Crippen molar-refractivity contribution >= 4 is 34.6 Å². The van der Waals surface area contributed by atoms with Crippen molar-refractivity contribution in [1.82, 2.24) is 15.5 Å². The Morgan fingerprint density at radius 2 is 2.03 bits per heavy atom. The number of nitrogens with one attached hydrogen (secondary N) is 1. The lowest BCUT2D eigenvalue weighted by Crippen LogP contribution is -2.40. The fourth-order valence-electron chi connectivity index (χ4n) is 4.06. The standard InChI is InChI=1S/C23H21ClN4O3/c1-14-20(21(27-31-14)16-8-2-3-9-17(16)24)22(29)25-13-15-7-6-12-28(15)23-26-18-10-4-5-11-19(18)30-23/h2-5,8-11,15H,6-7,12-13H2,1H3,(H,25,29). The van der Waals surface area contributed by atoms with Gasteiger partial charge in [-0.05, 0) is 38.0 Å². The second-order valence-corrected chi connectivity index (χ2v) is 8.01. The number of hydrogen-bond acceptors (Lipinski definition) is 6. The molecular weight excluding hydrogens is 416 g/mol. The molecule has 0 spiro atoms. The zero-order chi connectivity index (χ0) is 21.4. The van der Waals surface area contributed by atoms with Crippen molar-refractivity contribution in [3.63, 3.8) is 0 Å². The van der Waals surface area contributed by atoms with Crippen molar-refractivity contribution < 1.29 is 13.7 Å². The number of para-hydroxylation sites is 2. The molecule has 1 saturated heterocycles. The fourth-order valence-corrected chi connectivity index (χ4v) is 4.28. The highest BCUT2D eigenvalue weighted by atomic mass is 35.5. The third-order valence-electron chi connectivity index (χ3n) is 5.62. The number of anilines is 1. The lowest BCUT2D eigenvalue weighted by Gasteiger charge is -2.23. The molecule has 4 aromatic rings. The molecular formula is C23H21ClN4O3. The van der Waals surface area contributed by atoms with Gasteiger partial charge in [0.15, 0.2) is 5.58 Å². The maximum Gasteiger partial charge on any atom is 0.298 e. The van der Waals surface area contributed by atoms with Crippen molar-refractivity contribution in [3.05, 3.63) is 64.9 Å². The number of amides is 1. The predicted octanol–water partition coefficient (Wildman–Crippen LogP) is 4.84. The molecule has 7 nitrogen and oxygen atoms in total. The number of hydrogen-bond donors (Lipinski definition) is 1. The number of carbonyl (C=O) groups excluding carboxylic acids is 1. The van der Waals surface area contributed by atoms with Crippen LogP contribution in [-0.4, -0.2) is 35.2 Å². The van der Waals surface area contributed by atoms with Gasteiger partial charge < -0.3 is 19.2 Å². The Labute approximate surface area is 184 Å². The zero-order valence-electron chi connectivity index (χ0n) is 17.0. The molecule has 5 rings (SSSR count). The Morgan fingerprint density at radius 1 is 1.23 bits per heavy atom. The zero-order valence-corrected chi connectivity index (χ0v) is 17.7. The monoisotopic (exact) mass is 436 g/mol. The first-order valence-corrected chi connectivity index (χ1v) is 10.6. The molecule has 0 radical (unpaired) electrons. The van der Waals surface area contributed by atoms with Crippen molar-refractivity contribution in [3.8, 4) is 11.3 Å². The highest BCUT2D eigenvalue weighted by Gasteiger charge is 2.30. The summed E-state index contributed by atoms with van der Waals surface area (Å²) < 4.78 is 11.3. The molecule has 1 unspecified atom stereocenters. The summed E-state index contributed by atoms with van der Waals surface area (Å²) in [6.45, 7) is 3.02. The number of benzene rings is 2. The molecule has 158 valence electrons. The Bertz CT molecular complexity index is 1220. The summed E-state index contributed by atoms with van der Waals surface area (Å²) in [7, 11) is 0. The highest BCUT2D eigenvalue weighted by Crippen LogP contribution is 2.31. The molecule has 1 aliphatic heterocycles. The molecule has 3 heterocycles. The molecule has 0 aliphatic carbocycles. The van der Waals surface area contributed by atoms with E-state index >= 15 is 0 Å². The molecule has 0 saturated carbocycles. The summed E-state index contributed by atoms with van der Waals surface area (Å²) in [6.07, 6.45) is 1.95. The third kappa shape index (κ3) is 3.65. The van der Waals surface area contributed by atoms with E-state index in [9.17, 15) is 4.79 Å². The minimum atomic E-state index is -0.238. The van der Waals surface area contributed by atoms with Crippen LogP contribution in [-0.2, 0) is 0 Å². The van der Waals surface area contributed by atoms with Crippen LogP contribution in [0.4, 0.5) is 6.01 Å². The van der Waals surface area contributed by atoms with Crippen LogP contribution >= 0.6 is 11.6 Å². The Kier molecular flexibility index (Phi) is 5.11. The normalized spacial score (nSPS) is 16.2. The van der Waals surface area contributed by atoms with E-state index in [0.29, 0.717) is 40.2 Å². The number of nitrogens with zero attached hydrogens (tertiary/aromatic N) is 3. The summed E-state index contributed by atoms with van der Waals surface area (Å²) in [4.78, 5) is 19.8. The van der Waals surface area contributed by atoms with Crippen molar-refractivity contribution in [2.75, 3.05) is 18.0 Å². The third-order valence-corrected chi connectivity index (χ3v) is 5.95. The van der Waals surface area contributed by atoms with Crippen LogP contribution in [0.25, 0.3) is 22.4 Å². The van der Waals surface area contributed by atoms with E-state index in [0.717, 1.165) is 30.5 Å². The Hall–Kier alpha value is -3.32. The number of carbonyl (C=O) groups is 1. The van der Waals surface area contributed by atoms with Crippen molar-refractivity contribution in [2.24, 2.45) is 0 Å². The smallest absolute Gasteiger partial charge is 0.298 e. The molecule has 1 atom stereocenters. The predicted molar refractivity (Wildman–Crippen MR) is 118 cm³/mol. The lowest BCUT2D eigenvalue weighted by atomic mass is 10.1. The van der Waals surface area contributed by atoms with Crippen molar-refractivity contribution in [2.45, 2.75) is 25.8 Å². The fraction of sp³-hybridized carbons (Fsp3) is 0.261. The van der Waals surface area contributed by atoms with Crippen LogP contribution in [0.2, 0.25) is 5.02 Å². The lowest BCUT2D eigenvalue weighted by molar-refractivity contribution is 0.0950. The second kappa shape index (κ2) is 8.07. The number of fused-ring (bicyclic) bond motifs is 1. The summed E-state index contributed by atoms with van der Waals surface area (Å²) in [6, 6.07) is 15.7. The average molecular weight is 437 g/mol.